The van der Waals surface area contributed by atoms with Crippen LogP contribution >= 0.6 is 0 Å². The van der Waals surface area contributed by atoms with Gasteiger partial charge in [0.1, 0.15) is 12.1 Å². The Morgan fingerprint density at radius 3 is 2.37 bits per heavy atom. The number of hydrazine groups is 1. The van der Waals surface area contributed by atoms with E-state index in [2.05, 4.69) is 17.4 Å². The molecule has 6 heteroatoms. The standard InChI is InChI=1S/C21H33N3O3/c1-20(2,3)27-19(26)24(23(4)5)15-18(25)21(12-9-13-22-16-21)14-17-10-7-6-8-11-17/h6-8,10-11,22H,9,12-16H2,1-5H3/t21-/m1/s1. The molecule has 0 saturated carbocycles. The number of carbonyl (C=O) groups excluding carboxylic acids is 2. The van der Waals surface area contributed by atoms with Crippen molar-refractivity contribution in [1.82, 2.24) is 15.3 Å². The van der Waals surface area contributed by atoms with Crippen LogP contribution in [-0.4, -0.2) is 61.2 Å². The van der Waals surface area contributed by atoms with Crippen molar-refractivity contribution < 1.29 is 14.3 Å². The Kier molecular flexibility index (Phi) is 7.00. The quantitative estimate of drug-likeness (QED) is 0.775. The van der Waals surface area contributed by atoms with Crippen molar-refractivity contribution >= 4 is 11.9 Å². The highest BCUT2D eigenvalue weighted by molar-refractivity contribution is 5.89. The molecule has 27 heavy (non-hydrogen) atoms. The average Bonchev–Trinajstić information content (AvgIpc) is 2.59. The first-order valence-electron chi connectivity index (χ1n) is 9.59. The van der Waals surface area contributed by atoms with E-state index in [1.54, 1.807) is 19.1 Å². The van der Waals surface area contributed by atoms with Gasteiger partial charge in [0.25, 0.3) is 0 Å². The predicted molar refractivity (Wildman–Crippen MR) is 106 cm³/mol. The fourth-order valence-electron chi connectivity index (χ4n) is 3.43. The molecule has 1 heterocycles. The first-order valence-corrected chi connectivity index (χ1v) is 9.59. The normalized spacial score (nSPS) is 20.4. The van der Waals surface area contributed by atoms with Crippen molar-refractivity contribution in [3.05, 3.63) is 35.9 Å². The van der Waals surface area contributed by atoms with Gasteiger partial charge in [0.05, 0.1) is 0 Å². The predicted octanol–water partition coefficient (Wildman–Crippen LogP) is 2.88. The maximum absolute atomic E-state index is 13.4. The van der Waals surface area contributed by atoms with Crippen LogP contribution in [0.1, 0.15) is 39.2 Å². The molecular formula is C21H33N3O3. The SMILES string of the molecule is CN(C)N(CC(=O)[C@@]1(Cc2ccccc2)CCCNC1)C(=O)OC(C)(C)C. The Balaban J connectivity index is 2.19. The van der Waals surface area contributed by atoms with Gasteiger partial charge < -0.3 is 10.1 Å². The number of amides is 1. The summed E-state index contributed by atoms with van der Waals surface area (Å²) in [4.78, 5) is 26.0. The Labute approximate surface area is 162 Å². The third kappa shape index (κ3) is 6.04. The highest BCUT2D eigenvalue weighted by Gasteiger charge is 2.41. The molecule has 1 aromatic rings. The van der Waals surface area contributed by atoms with E-state index >= 15 is 0 Å². The van der Waals surface area contributed by atoms with Gasteiger partial charge in [-0.1, -0.05) is 30.3 Å². The van der Waals surface area contributed by atoms with Gasteiger partial charge in [-0.05, 0) is 52.1 Å². The molecule has 0 aliphatic carbocycles. The average molecular weight is 376 g/mol. The molecule has 2 rings (SSSR count). The zero-order chi connectivity index (χ0) is 20.1. The molecule has 1 atom stereocenters. The summed E-state index contributed by atoms with van der Waals surface area (Å²) in [6, 6.07) is 10.1. The summed E-state index contributed by atoms with van der Waals surface area (Å²) in [6.07, 6.45) is 1.95. The second-order valence-electron chi connectivity index (χ2n) is 8.53. The van der Waals surface area contributed by atoms with Gasteiger partial charge >= 0.3 is 6.09 Å². The van der Waals surface area contributed by atoms with Gasteiger partial charge in [-0.2, -0.15) is 0 Å². The van der Waals surface area contributed by atoms with Crippen molar-refractivity contribution in [2.24, 2.45) is 5.41 Å². The highest BCUT2D eigenvalue weighted by Crippen LogP contribution is 2.32. The summed E-state index contributed by atoms with van der Waals surface area (Å²) < 4.78 is 5.48. The summed E-state index contributed by atoms with van der Waals surface area (Å²) in [5.74, 6) is 0.0677. The van der Waals surface area contributed by atoms with Gasteiger partial charge in [0.15, 0.2) is 5.78 Å². The van der Waals surface area contributed by atoms with Crippen LogP contribution in [0.5, 0.6) is 0 Å². The first-order chi connectivity index (χ1) is 12.6. The number of Topliss-reactive ketones (excluding diaryl/α,β-unsaturated/α-hetero) is 1. The van der Waals surface area contributed by atoms with Crippen LogP contribution in [-0.2, 0) is 16.0 Å². The Morgan fingerprint density at radius 2 is 1.85 bits per heavy atom. The molecule has 1 aliphatic rings. The van der Waals surface area contributed by atoms with E-state index < -0.39 is 17.1 Å². The lowest BCUT2D eigenvalue weighted by Gasteiger charge is -2.39. The summed E-state index contributed by atoms with van der Waals surface area (Å²) in [5.41, 5.74) is 0.0292. The molecule has 0 bridgehead atoms. The Hall–Kier alpha value is -1.92. The fourth-order valence-corrected chi connectivity index (χ4v) is 3.43. The summed E-state index contributed by atoms with van der Waals surface area (Å²) in [6.45, 7) is 7.04. The van der Waals surface area contributed by atoms with Gasteiger partial charge in [0.2, 0.25) is 0 Å². The third-order valence-corrected chi connectivity index (χ3v) is 4.83. The first kappa shape index (κ1) is 21.4. The molecule has 0 unspecified atom stereocenters. The molecule has 0 spiro atoms. The van der Waals surface area contributed by atoms with Gasteiger partial charge in [-0.25, -0.2) is 14.8 Å². The second kappa shape index (κ2) is 8.85. The van der Waals surface area contributed by atoms with Crippen molar-refractivity contribution in [3.8, 4) is 0 Å². The van der Waals surface area contributed by atoms with E-state index in [-0.39, 0.29) is 12.3 Å². The molecule has 0 radical (unpaired) electrons. The zero-order valence-electron chi connectivity index (χ0n) is 17.2. The molecule has 1 amide bonds. The Morgan fingerprint density at radius 1 is 1.19 bits per heavy atom. The number of nitrogens with one attached hydrogen (secondary N) is 1. The topological polar surface area (TPSA) is 61.9 Å². The van der Waals surface area contributed by atoms with Crippen molar-refractivity contribution in [3.63, 3.8) is 0 Å². The van der Waals surface area contributed by atoms with Crippen LogP contribution in [0.15, 0.2) is 30.3 Å². The van der Waals surface area contributed by atoms with Crippen molar-refractivity contribution in [1.29, 1.82) is 0 Å². The maximum atomic E-state index is 13.4. The van der Waals surface area contributed by atoms with Crippen LogP contribution in [0.4, 0.5) is 4.79 Å². The van der Waals surface area contributed by atoms with Crippen molar-refractivity contribution in [2.45, 2.75) is 45.6 Å². The molecule has 0 aromatic heterocycles. The van der Waals surface area contributed by atoms with E-state index in [0.29, 0.717) is 13.0 Å². The number of rotatable bonds is 6. The van der Waals surface area contributed by atoms with E-state index in [0.717, 1.165) is 24.9 Å². The van der Waals surface area contributed by atoms with Crippen LogP contribution in [0, 0.1) is 5.41 Å². The molecule has 1 fully saturated rings. The van der Waals surface area contributed by atoms with Gasteiger partial charge in [-0.3, -0.25) is 4.79 Å². The number of ketones is 1. The number of carbonyl (C=O) groups is 2. The third-order valence-electron chi connectivity index (χ3n) is 4.83. The lowest BCUT2D eigenvalue weighted by Crippen LogP contribution is -2.54. The second-order valence-corrected chi connectivity index (χ2v) is 8.53. The fraction of sp³-hybridized carbons (Fsp3) is 0.619. The molecule has 1 saturated heterocycles. The lowest BCUT2D eigenvalue weighted by atomic mass is 9.72. The number of piperidine rings is 1. The van der Waals surface area contributed by atoms with E-state index in [9.17, 15) is 9.59 Å². The van der Waals surface area contributed by atoms with Crippen LogP contribution < -0.4 is 5.32 Å². The van der Waals surface area contributed by atoms with Crippen molar-refractivity contribution in [2.75, 3.05) is 33.7 Å². The minimum absolute atomic E-state index is 0.0103. The van der Waals surface area contributed by atoms with Crippen LogP contribution in [0.25, 0.3) is 0 Å². The zero-order valence-corrected chi connectivity index (χ0v) is 17.2. The van der Waals surface area contributed by atoms with E-state index in [1.165, 1.54) is 5.01 Å². The maximum Gasteiger partial charge on any atom is 0.425 e. The van der Waals surface area contributed by atoms with Crippen LogP contribution in [0.3, 0.4) is 0 Å². The Bertz CT molecular complexity index is 632. The van der Waals surface area contributed by atoms with Crippen LogP contribution in [0.2, 0.25) is 0 Å². The molecule has 6 nitrogen and oxygen atoms in total. The number of hydrogen-bond donors (Lipinski definition) is 1. The number of nitrogens with zero attached hydrogens (tertiary/aromatic N) is 2. The smallest absolute Gasteiger partial charge is 0.425 e. The largest absolute Gasteiger partial charge is 0.443 e. The molecular weight excluding hydrogens is 342 g/mol. The lowest BCUT2D eigenvalue weighted by molar-refractivity contribution is -0.134. The number of hydrogen-bond acceptors (Lipinski definition) is 5. The monoisotopic (exact) mass is 375 g/mol. The summed E-state index contributed by atoms with van der Waals surface area (Å²) in [5, 5.41) is 6.38. The molecule has 1 N–H and O–H groups in total. The molecule has 1 aromatic carbocycles. The molecule has 1 aliphatic heterocycles. The summed E-state index contributed by atoms with van der Waals surface area (Å²) in [7, 11) is 3.50. The van der Waals surface area contributed by atoms with E-state index in [1.807, 2.05) is 39.0 Å². The number of ether oxygens (including phenoxy) is 1. The van der Waals surface area contributed by atoms with Gasteiger partial charge in [-0.15, -0.1) is 0 Å². The molecule has 150 valence electrons. The van der Waals surface area contributed by atoms with Gasteiger partial charge in [0, 0.05) is 26.1 Å². The minimum Gasteiger partial charge on any atom is -0.443 e. The number of benzene rings is 1. The highest BCUT2D eigenvalue weighted by atomic mass is 16.6. The minimum atomic E-state index is -0.609. The van der Waals surface area contributed by atoms with E-state index in [4.69, 9.17) is 4.74 Å². The summed E-state index contributed by atoms with van der Waals surface area (Å²) >= 11 is 0.